The summed E-state index contributed by atoms with van der Waals surface area (Å²) in [6, 6.07) is 18.4. The minimum absolute atomic E-state index is 0.0987. The second kappa shape index (κ2) is 8.48. The maximum atomic E-state index is 13.1. The van der Waals surface area contributed by atoms with Crippen LogP contribution in [0.5, 0.6) is 0 Å². The molecule has 0 fully saturated rings. The average molecular weight is 469 g/mol. The molecule has 0 spiro atoms. The van der Waals surface area contributed by atoms with Gasteiger partial charge in [-0.25, -0.2) is 13.1 Å². The zero-order valence-corrected chi connectivity index (χ0v) is 18.9. The van der Waals surface area contributed by atoms with Crippen molar-refractivity contribution in [2.45, 2.75) is 11.1 Å². The largest absolute Gasteiger partial charge is 0.316 e. The summed E-state index contributed by atoms with van der Waals surface area (Å²) in [5.41, 5.74) is 1.17. The van der Waals surface area contributed by atoms with Gasteiger partial charge in [0, 0.05) is 7.05 Å². The first-order valence-corrected chi connectivity index (χ1v) is 12.0. The molecule has 0 aliphatic rings. The van der Waals surface area contributed by atoms with Gasteiger partial charge in [-0.05, 0) is 42.6 Å². The number of nitrogens with zero attached hydrogens (tertiary/aromatic N) is 2. The van der Waals surface area contributed by atoms with Gasteiger partial charge in [-0.2, -0.15) is 0 Å². The number of anilines is 2. The Kier molecular flexibility index (Phi) is 5.72. The van der Waals surface area contributed by atoms with E-state index in [4.69, 9.17) is 0 Å². The molecule has 0 radical (unpaired) electrons. The van der Waals surface area contributed by atoms with E-state index in [2.05, 4.69) is 10.0 Å². The molecule has 0 aliphatic heterocycles. The molecule has 4 aromatic rings. The first-order chi connectivity index (χ1) is 15.3. The molecule has 2 aromatic heterocycles. The number of benzene rings is 2. The Morgan fingerprint density at radius 3 is 2.34 bits per heavy atom. The normalized spacial score (nSPS) is 11.3. The number of nitrogens with one attached hydrogen (secondary N) is 2. The van der Waals surface area contributed by atoms with Crippen LogP contribution in [0.3, 0.4) is 0 Å². The summed E-state index contributed by atoms with van der Waals surface area (Å²) in [6.07, 6.45) is 0. The molecule has 0 saturated heterocycles. The van der Waals surface area contributed by atoms with Crippen LogP contribution in [-0.4, -0.2) is 23.7 Å². The number of aromatic nitrogens is 2. The van der Waals surface area contributed by atoms with Crippen LogP contribution in [0.1, 0.15) is 16.1 Å². The number of hydrogen-bond donors (Lipinski definition) is 2. The fraction of sp³-hybridized carbons (Fsp3) is 0.0909. The lowest BCUT2D eigenvalue weighted by Gasteiger charge is -2.11. The van der Waals surface area contributed by atoms with Gasteiger partial charge in [0.15, 0.2) is 0 Å². The number of amides is 1. The summed E-state index contributed by atoms with van der Waals surface area (Å²) in [5, 5.41) is 4.32. The molecule has 4 rings (SSSR count). The number of para-hydroxylation sites is 2. The molecule has 8 nitrogen and oxygen atoms in total. The molecule has 0 atom stereocenters. The predicted octanol–water partition coefficient (Wildman–Crippen LogP) is 3.60. The summed E-state index contributed by atoms with van der Waals surface area (Å²) in [5.74, 6) is -0.597. The van der Waals surface area contributed by atoms with Crippen molar-refractivity contribution in [1.82, 2.24) is 9.36 Å². The van der Waals surface area contributed by atoms with Crippen molar-refractivity contribution in [2.24, 2.45) is 7.05 Å². The topological polar surface area (TPSA) is 102 Å². The molecule has 0 saturated carbocycles. The van der Waals surface area contributed by atoms with Crippen molar-refractivity contribution in [1.29, 1.82) is 0 Å². The highest BCUT2D eigenvalue weighted by molar-refractivity contribution is 7.94. The van der Waals surface area contributed by atoms with Gasteiger partial charge in [0.2, 0.25) is 0 Å². The Balaban J connectivity index is 1.68. The Morgan fingerprint density at radius 2 is 1.66 bits per heavy atom. The van der Waals surface area contributed by atoms with Gasteiger partial charge in [0.05, 0.1) is 22.6 Å². The fourth-order valence-corrected chi connectivity index (χ4v) is 5.35. The van der Waals surface area contributed by atoms with Gasteiger partial charge < -0.3 is 5.32 Å². The third-order valence-corrected chi connectivity index (χ3v) is 7.73. The molecule has 2 N–H and O–H groups in total. The van der Waals surface area contributed by atoms with Gasteiger partial charge in [-0.15, -0.1) is 11.3 Å². The van der Waals surface area contributed by atoms with E-state index >= 15 is 0 Å². The molecule has 1 amide bonds. The van der Waals surface area contributed by atoms with Gasteiger partial charge in [-0.1, -0.05) is 36.4 Å². The third-order valence-electron chi connectivity index (χ3n) is 4.97. The van der Waals surface area contributed by atoms with Crippen LogP contribution in [0.2, 0.25) is 0 Å². The summed E-state index contributed by atoms with van der Waals surface area (Å²) in [7, 11) is -2.11. The van der Waals surface area contributed by atoms with Gasteiger partial charge >= 0.3 is 0 Å². The average Bonchev–Trinajstić information content (AvgIpc) is 3.39. The third kappa shape index (κ3) is 3.97. The number of sulfonamides is 1. The Morgan fingerprint density at radius 1 is 0.969 bits per heavy atom. The van der Waals surface area contributed by atoms with E-state index in [1.807, 2.05) is 18.2 Å². The van der Waals surface area contributed by atoms with Crippen LogP contribution >= 0.6 is 11.3 Å². The lowest BCUT2D eigenvalue weighted by atomic mass is 10.1. The van der Waals surface area contributed by atoms with Crippen LogP contribution in [0.4, 0.5) is 11.4 Å². The summed E-state index contributed by atoms with van der Waals surface area (Å²) < 4.78 is 30.9. The van der Waals surface area contributed by atoms with E-state index in [1.54, 1.807) is 54.4 Å². The number of thiophene rings is 1. The van der Waals surface area contributed by atoms with Crippen LogP contribution < -0.4 is 15.6 Å². The van der Waals surface area contributed by atoms with Crippen molar-refractivity contribution in [3.05, 3.63) is 93.7 Å². The minimum atomic E-state index is -3.84. The molecule has 0 aliphatic carbocycles. The molecule has 164 valence electrons. The molecular formula is C22H20N4O4S2. The maximum Gasteiger partial charge on any atom is 0.295 e. The van der Waals surface area contributed by atoms with Crippen LogP contribution in [0, 0.1) is 6.92 Å². The Labute approximate surface area is 188 Å². The smallest absolute Gasteiger partial charge is 0.295 e. The van der Waals surface area contributed by atoms with Gasteiger partial charge in [-0.3, -0.25) is 19.0 Å². The van der Waals surface area contributed by atoms with Crippen molar-refractivity contribution in [3.8, 4) is 5.69 Å². The summed E-state index contributed by atoms with van der Waals surface area (Å²) >= 11 is 1.07. The predicted molar refractivity (Wildman–Crippen MR) is 125 cm³/mol. The SMILES string of the molecule is Cc1c(NC(=O)c2ccccc2NS(=O)(=O)c2cccs2)c(=O)n(-c2ccccc2)n1C. The highest BCUT2D eigenvalue weighted by Crippen LogP contribution is 2.24. The summed E-state index contributed by atoms with van der Waals surface area (Å²) in [6.45, 7) is 1.72. The molecular weight excluding hydrogens is 448 g/mol. The Hall–Kier alpha value is -3.63. The van der Waals surface area contributed by atoms with E-state index in [0.29, 0.717) is 11.4 Å². The minimum Gasteiger partial charge on any atom is -0.316 e. The number of carbonyl (C=O) groups excluding carboxylic acids is 1. The maximum absolute atomic E-state index is 13.1. The van der Waals surface area contributed by atoms with E-state index in [0.717, 1.165) is 11.3 Å². The highest BCUT2D eigenvalue weighted by Gasteiger charge is 2.22. The summed E-state index contributed by atoms with van der Waals surface area (Å²) in [4.78, 5) is 26.1. The molecule has 10 heteroatoms. The molecule has 0 unspecified atom stereocenters. The van der Waals surface area contributed by atoms with E-state index in [1.165, 1.54) is 22.9 Å². The number of hydrogen-bond acceptors (Lipinski definition) is 5. The quantitative estimate of drug-likeness (QED) is 0.451. The zero-order chi connectivity index (χ0) is 22.9. The molecule has 2 aromatic carbocycles. The van der Waals surface area contributed by atoms with Crippen molar-refractivity contribution in [2.75, 3.05) is 10.0 Å². The lowest BCUT2D eigenvalue weighted by Crippen LogP contribution is -2.23. The molecule has 32 heavy (non-hydrogen) atoms. The monoisotopic (exact) mass is 468 g/mol. The second-order valence-corrected chi connectivity index (χ2v) is 9.83. The van der Waals surface area contributed by atoms with E-state index in [9.17, 15) is 18.0 Å². The zero-order valence-electron chi connectivity index (χ0n) is 17.3. The molecule has 2 heterocycles. The van der Waals surface area contributed by atoms with Crippen LogP contribution in [0.15, 0.2) is 81.1 Å². The lowest BCUT2D eigenvalue weighted by molar-refractivity contribution is 0.102. The number of carbonyl (C=O) groups is 1. The van der Waals surface area contributed by atoms with E-state index < -0.39 is 15.9 Å². The molecule has 0 bridgehead atoms. The first-order valence-electron chi connectivity index (χ1n) is 9.60. The van der Waals surface area contributed by atoms with Gasteiger partial charge in [0.25, 0.3) is 21.5 Å². The van der Waals surface area contributed by atoms with Crippen LogP contribution in [0.25, 0.3) is 5.69 Å². The Bertz CT molecular complexity index is 1440. The van der Waals surface area contributed by atoms with Crippen molar-refractivity contribution in [3.63, 3.8) is 0 Å². The second-order valence-electron chi connectivity index (χ2n) is 6.97. The first kappa shape index (κ1) is 21.6. The van der Waals surface area contributed by atoms with E-state index in [-0.39, 0.29) is 26.7 Å². The number of rotatable bonds is 6. The van der Waals surface area contributed by atoms with Crippen LogP contribution in [-0.2, 0) is 17.1 Å². The van der Waals surface area contributed by atoms with Gasteiger partial charge in [0.1, 0.15) is 9.90 Å². The highest BCUT2D eigenvalue weighted by atomic mass is 32.2. The fourth-order valence-electron chi connectivity index (χ4n) is 3.27. The van der Waals surface area contributed by atoms with Crippen molar-refractivity contribution < 1.29 is 13.2 Å². The standard InChI is InChI=1S/C22H20N4O4S2/c1-15-20(22(28)26(25(15)2)16-9-4-3-5-10-16)23-21(27)17-11-6-7-12-18(17)24-32(29,30)19-13-8-14-31-19/h3-14,24H,1-2H3,(H,23,27). The van der Waals surface area contributed by atoms with Crippen molar-refractivity contribution >= 4 is 38.6 Å².